The van der Waals surface area contributed by atoms with Crippen LogP contribution >= 0.6 is 0 Å². The van der Waals surface area contributed by atoms with Crippen molar-refractivity contribution in [2.24, 2.45) is 0 Å². The molecule has 0 atom stereocenters. The number of pyridine rings is 1. The molecule has 0 aliphatic carbocycles. The van der Waals surface area contributed by atoms with Crippen molar-refractivity contribution in [2.75, 3.05) is 7.11 Å². The van der Waals surface area contributed by atoms with Gasteiger partial charge in [0.2, 0.25) is 5.89 Å². The molecule has 0 bridgehead atoms. The number of benzene rings is 2. The van der Waals surface area contributed by atoms with Crippen molar-refractivity contribution in [2.45, 2.75) is 0 Å². The molecule has 2 heterocycles. The molecule has 0 fully saturated rings. The first kappa shape index (κ1) is 14.3. The van der Waals surface area contributed by atoms with Gasteiger partial charge in [0.1, 0.15) is 11.4 Å². The van der Waals surface area contributed by atoms with Crippen LogP contribution < -0.4 is 4.74 Å². The summed E-state index contributed by atoms with van der Waals surface area (Å²) in [6.45, 7) is 0. The molecule has 0 unspecified atom stereocenters. The van der Waals surface area contributed by atoms with Gasteiger partial charge in [-0.2, -0.15) is 0 Å². The van der Waals surface area contributed by atoms with Crippen molar-refractivity contribution in [3.05, 3.63) is 60.7 Å². The minimum Gasteiger partial charge on any atom is -0.496 e. The van der Waals surface area contributed by atoms with E-state index in [0.717, 1.165) is 16.5 Å². The highest BCUT2D eigenvalue weighted by Gasteiger charge is 2.18. The van der Waals surface area contributed by atoms with E-state index in [9.17, 15) is 5.11 Å². The normalized spacial score (nSPS) is 10.9. The Morgan fingerprint density at radius 3 is 2.50 bits per heavy atom. The lowest BCUT2D eigenvalue weighted by atomic mass is 10.1. The van der Waals surface area contributed by atoms with Crippen LogP contribution in [0.25, 0.3) is 33.7 Å². The van der Waals surface area contributed by atoms with Crippen LogP contribution in [0.15, 0.2) is 65.1 Å². The maximum Gasteiger partial charge on any atom is 0.313 e. The lowest BCUT2D eigenvalue weighted by Crippen LogP contribution is -1.91. The lowest BCUT2D eigenvalue weighted by molar-refractivity contribution is 0.339. The fourth-order valence-electron chi connectivity index (χ4n) is 2.62. The summed E-state index contributed by atoms with van der Waals surface area (Å²) in [5, 5.41) is 11.1. The minimum absolute atomic E-state index is 0.265. The van der Waals surface area contributed by atoms with E-state index in [1.165, 1.54) is 0 Å². The van der Waals surface area contributed by atoms with E-state index in [-0.39, 0.29) is 11.6 Å². The van der Waals surface area contributed by atoms with E-state index >= 15 is 0 Å². The third-order valence-corrected chi connectivity index (χ3v) is 3.77. The molecule has 0 amide bonds. The van der Waals surface area contributed by atoms with Crippen LogP contribution in [0, 0.1) is 0 Å². The molecule has 118 valence electrons. The summed E-state index contributed by atoms with van der Waals surface area (Å²) in [7, 11) is 1.60. The first-order chi connectivity index (χ1) is 11.8. The number of hydrogen-bond donors (Lipinski definition) is 1. The summed E-state index contributed by atoms with van der Waals surface area (Å²) < 4.78 is 10.8. The monoisotopic (exact) mass is 318 g/mol. The molecule has 0 aliphatic rings. The Morgan fingerprint density at radius 2 is 1.71 bits per heavy atom. The molecule has 0 saturated carbocycles. The zero-order valence-corrected chi connectivity index (χ0v) is 12.9. The molecule has 1 N–H and O–H groups in total. The van der Waals surface area contributed by atoms with Crippen molar-refractivity contribution >= 4 is 10.9 Å². The number of aromatic nitrogens is 2. The first-order valence-corrected chi connectivity index (χ1v) is 7.45. The molecule has 24 heavy (non-hydrogen) atoms. The number of oxazole rings is 1. The van der Waals surface area contributed by atoms with Gasteiger partial charge in [0.25, 0.3) is 0 Å². The average molecular weight is 318 g/mol. The van der Waals surface area contributed by atoms with Crippen molar-refractivity contribution in [3.8, 4) is 34.5 Å². The molecule has 2 aromatic heterocycles. The topological polar surface area (TPSA) is 68.4 Å². The number of hydrogen-bond acceptors (Lipinski definition) is 5. The summed E-state index contributed by atoms with van der Waals surface area (Å²) in [4.78, 5) is 8.96. The van der Waals surface area contributed by atoms with Crippen LogP contribution in [-0.2, 0) is 0 Å². The van der Waals surface area contributed by atoms with Crippen LogP contribution in [0.1, 0.15) is 0 Å². The molecule has 5 nitrogen and oxygen atoms in total. The van der Waals surface area contributed by atoms with Crippen molar-refractivity contribution in [1.29, 1.82) is 0 Å². The lowest BCUT2D eigenvalue weighted by Gasteiger charge is -2.06. The average Bonchev–Trinajstić information content (AvgIpc) is 3.03. The van der Waals surface area contributed by atoms with Gasteiger partial charge >= 0.3 is 5.95 Å². The number of rotatable bonds is 3. The van der Waals surface area contributed by atoms with Crippen LogP contribution in [0.4, 0.5) is 0 Å². The van der Waals surface area contributed by atoms with E-state index in [4.69, 9.17) is 9.15 Å². The highest BCUT2D eigenvalue weighted by molar-refractivity contribution is 5.88. The second kappa shape index (κ2) is 5.70. The Balaban J connectivity index is 1.88. The second-order valence-electron chi connectivity index (χ2n) is 5.27. The smallest absolute Gasteiger partial charge is 0.313 e. The van der Waals surface area contributed by atoms with Crippen LogP contribution in [-0.4, -0.2) is 22.2 Å². The number of fused-ring (bicyclic) bond motifs is 1. The van der Waals surface area contributed by atoms with Gasteiger partial charge in [-0.05, 0) is 24.3 Å². The quantitative estimate of drug-likeness (QED) is 0.611. The maximum atomic E-state index is 10.2. The van der Waals surface area contributed by atoms with Gasteiger partial charge in [-0.3, -0.25) is 0 Å². The van der Waals surface area contributed by atoms with Gasteiger partial charge in [-0.15, -0.1) is 0 Å². The number of aromatic hydroxyl groups is 1. The molecule has 4 rings (SSSR count). The van der Waals surface area contributed by atoms with Gasteiger partial charge in [-0.1, -0.05) is 30.3 Å². The van der Waals surface area contributed by atoms with Crippen LogP contribution in [0.2, 0.25) is 0 Å². The van der Waals surface area contributed by atoms with E-state index < -0.39 is 0 Å². The van der Waals surface area contributed by atoms with Crippen molar-refractivity contribution in [3.63, 3.8) is 0 Å². The Bertz CT molecular complexity index is 1010. The summed E-state index contributed by atoms with van der Waals surface area (Å²) >= 11 is 0. The Hall–Kier alpha value is -3.34. The first-order valence-electron chi connectivity index (χ1n) is 7.45. The van der Waals surface area contributed by atoms with Gasteiger partial charge in [0.05, 0.1) is 12.6 Å². The van der Waals surface area contributed by atoms with E-state index in [1.54, 1.807) is 13.2 Å². The van der Waals surface area contributed by atoms with Crippen LogP contribution in [0.5, 0.6) is 11.7 Å². The highest BCUT2D eigenvalue weighted by Crippen LogP contribution is 2.36. The van der Waals surface area contributed by atoms with Crippen LogP contribution in [0.3, 0.4) is 0 Å². The number of para-hydroxylation sites is 1. The minimum atomic E-state index is -0.265. The van der Waals surface area contributed by atoms with Crippen molar-refractivity contribution in [1.82, 2.24) is 9.97 Å². The molecule has 2 aromatic carbocycles. The maximum absolute atomic E-state index is 10.2. The van der Waals surface area contributed by atoms with Gasteiger partial charge < -0.3 is 14.3 Å². The number of methoxy groups -OCH3 is 1. The molecule has 4 aromatic rings. The number of ether oxygens (including phenoxy) is 1. The van der Waals surface area contributed by atoms with E-state index in [2.05, 4.69) is 9.97 Å². The van der Waals surface area contributed by atoms with Gasteiger partial charge in [-0.25, -0.2) is 9.97 Å². The zero-order valence-electron chi connectivity index (χ0n) is 12.9. The fraction of sp³-hybridized carbons (Fsp3) is 0.0526. The fourth-order valence-corrected chi connectivity index (χ4v) is 2.62. The van der Waals surface area contributed by atoms with E-state index in [1.807, 2.05) is 54.6 Å². The highest BCUT2D eigenvalue weighted by atomic mass is 16.5. The third-order valence-electron chi connectivity index (χ3n) is 3.77. The Morgan fingerprint density at radius 1 is 0.958 bits per heavy atom. The molecule has 0 radical (unpaired) electrons. The predicted molar refractivity (Wildman–Crippen MR) is 90.9 cm³/mol. The predicted octanol–water partition coefficient (Wildman–Crippen LogP) is 4.27. The largest absolute Gasteiger partial charge is 0.496 e. The summed E-state index contributed by atoms with van der Waals surface area (Å²) in [6, 6.07) is 18.8. The zero-order chi connectivity index (χ0) is 16.5. The molecule has 0 aliphatic heterocycles. The third kappa shape index (κ3) is 2.36. The number of nitrogens with zero attached hydrogens (tertiary/aromatic N) is 2. The van der Waals surface area contributed by atoms with Crippen molar-refractivity contribution < 1.29 is 14.3 Å². The van der Waals surface area contributed by atoms with E-state index in [0.29, 0.717) is 17.3 Å². The van der Waals surface area contributed by atoms with Gasteiger partial charge in [0.15, 0.2) is 5.69 Å². The molecule has 0 saturated heterocycles. The SMILES string of the molecule is COc1cc(-c2nc(-c3ccccc3)oc2O)nc2ccccc12. The molecule has 5 heteroatoms. The molecule has 0 spiro atoms. The Kier molecular flexibility index (Phi) is 3.39. The molecular weight excluding hydrogens is 304 g/mol. The molecular formula is C19H14N2O3. The summed E-state index contributed by atoms with van der Waals surface area (Å²) in [5.41, 5.74) is 2.33. The van der Waals surface area contributed by atoms with Gasteiger partial charge in [0, 0.05) is 17.0 Å². The standard InChI is InChI=1S/C19H14N2O3/c1-23-16-11-15(20-14-10-6-5-9-13(14)16)17-19(22)24-18(21-17)12-7-3-2-4-8-12/h2-11,22H,1H3. The summed E-state index contributed by atoms with van der Waals surface area (Å²) in [5.74, 6) is 0.745. The second-order valence-corrected chi connectivity index (χ2v) is 5.27. The summed E-state index contributed by atoms with van der Waals surface area (Å²) in [6.07, 6.45) is 0. The Labute approximate surface area is 138 Å².